The zero-order valence-corrected chi connectivity index (χ0v) is 18.2. The van der Waals surface area contributed by atoms with Crippen LogP contribution in [0.15, 0.2) is 29.3 Å². The van der Waals surface area contributed by atoms with E-state index in [-0.39, 0.29) is 24.0 Å². The van der Waals surface area contributed by atoms with Gasteiger partial charge < -0.3 is 20.1 Å². The maximum atomic E-state index is 5.92. The smallest absolute Gasteiger partial charge is 0.191 e. The Bertz CT molecular complexity index is 582. The molecule has 6 heteroatoms. The van der Waals surface area contributed by atoms with Crippen LogP contribution in [0.3, 0.4) is 0 Å². The molecule has 26 heavy (non-hydrogen) atoms. The molecule has 1 aromatic rings. The first-order valence-electron chi connectivity index (χ1n) is 9.70. The summed E-state index contributed by atoms with van der Waals surface area (Å²) in [5, 5.41) is 6.92. The summed E-state index contributed by atoms with van der Waals surface area (Å²) in [6.07, 6.45) is 6.24. The largest absolute Gasteiger partial charge is 0.494 e. The molecule has 3 rings (SSSR count). The molecule has 0 radical (unpaired) electrons. The van der Waals surface area contributed by atoms with Gasteiger partial charge in [-0.1, -0.05) is 19.1 Å². The van der Waals surface area contributed by atoms with Gasteiger partial charge in [0.2, 0.25) is 0 Å². The third kappa shape index (κ3) is 6.01. The SMILES string of the molecule is CCCOc1cccc(CCN=C(NCC)NC2CC3CCC2O3)c1.I. The van der Waals surface area contributed by atoms with Crippen LogP contribution in [0.5, 0.6) is 5.75 Å². The molecule has 146 valence electrons. The van der Waals surface area contributed by atoms with E-state index in [0.29, 0.717) is 18.2 Å². The van der Waals surface area contributed by atoms with E-state index in [1.807, 2.05) is 6.07 Å². The average Bonchev–Trinajstić information content (AvgIpc) is 3.23. The topological polar surface area (TPSA) is 54.9 Å². The van der Waals surface area contributed by atoms with Crippen LogP contribution in [0.25, 0.3) is 0 Å². The molecule has 2 saturated heterocycles. The van der Waals surface area contributed by atoms with Gasteiger partial charge in [0.15, 0.2) is 5.96 Å². The van der Waals surface area contributed by atoms with Gasteiger partial charge in [0.25, 0.3) is 0 Å². The van der Waals surface area contributed by atoms with Crippen LogP contribution in [-0.4, -0.2) is 43.9 Å². The molecular formula is C20H32IN3O2. The van der Waals surface area contributed by atoms with Crippen LogP contribution in [0.4, 0.5) is 0 Å². The molecule has 2 N–H and O–H groups in total. The molecule has 2 aliphatic heterocycles. The molecule has 3 unspecified atom stereocenters. The summed E-state index contributed by atoms with van der Waals surface area (Å²) in [5.74, 6) is 1.86. The van der Waals surface area contributed by atoms with Gasteiger partial charge in [-0.15, -0.1) is 24.0 Å². The first-order chi connectivity index (χ1) is 12.3. The lowest BCUT2D eigenvalue weighted by Gasteiger charge is -2.22. The summed E-state index contributed by atoms with van der Waals surface area (Å²) in [5.41, 5.74) is 1.26. The number of nitrogens with zero attached hydrogens (tertiary/aromatic N) is 1. The predicted molar refractivity (Wildman–Crippen MR) is 117 cm³/mol. The van der Waals surface area contributed by atoms with Crippen molar-refractivity contribution >= 4 is 29.9 Å². The van der Waals surface area contributed by atoms with Gasteiger partial charge in [0, 0.05) is 13.1 Å². The minimum Gasteiger partial charge on any atom is -0.494 e. The van der Waals surface area contributed by atoms with Crippen molar-refractivity contribution in [3.05, 3.63) is 29.8 Å². The van der Waals surface area contributed by atoms with Crippen molar-refractivity contribution in [3.63, 3.8) is 0 Å². The number of rotatable bonds is 8. The number of guanidine groups is 1. The number of hydrogen-bond acceptors (Lipinski definition) is 3. The lowest BCUT2D eigenvalue weighted by atomic mass is 9.96. The minimum absolute atomic E-state index is 0. The summed E-state index contributed by atoms with van der Waals surface area (Å²) in [7, 11) is 0. The fraction of sp³-hybridized carbons (Fsp3) is 0.650. The molecule has 3 atom stereocenters. The molecule has 2 aliphatic rings. The highest BCUT2D eigenvalue weighted by Crippen LogP contribution is 2.34. The van der Waals surface area contributed by atoms with Crippen LogP contribution in [0.2, 0.25) is 0 Å². The summed E-state index contributed by atoms with van der Waals surface area (Å²) in [6.45, 7) is 6.61. The average molecular weight is 473 g/mol. The third-order valence-electron chi connectivity index (χ3n) is 4.81. The Kier molecular flexibility index (Phi) is 8.98. The van der Waals surface area contributed by atoms with Gasteiger partial charge in [0.05, 0.1) is 24.9 Å². The fourth-order valence-electron chi connectivity index (χ4n) is 3.59. The monoisotopic (exact) mass is 473 g/mol. The third-order valence-corrected chi connectivity index (χ3v) is 4.81. The van der Waals surface area contributed by atoms with Crippen molar-refractivity contribution in [2.75, 3.05) is 19.7 Å². The van der Waals surface area contributed by atoms with Gasteiger partial charge in [-0.2, -0.15) is 0 Å². The van der Waals surface area contributed by atoms with Crippen LogP contribution < -0.4 is 15.4 Å². The second-order valence-corrected chi connectivity index (χ2v) is 6.87. The van der Waals surface area contributed by atoms with Crippen LogP contribution in [-0.2, 0) is 11.2 Å². The summed E-state index contributed by atoms with van der Waals surface area (Å²) >= 11 is 0. The number of fused-ring (bicyclic) bond motifs is 2. The quantitative estimate of drug-likeness (QED) is 0.345. The fourth-order valence-corrected chi connectivity index (χ4v) is 3.59. The van der Waals surface area contributed by atoms with Crippen LogP contribution >= 0.6 is 24.0 Å². The minimum atomic E-state index is 0. The lowest BCUT2D eigenvalue weighted by Crippen LogP contribution is -2.47. The van der Waals surface area contributed by atoms with E-state index in [1.54, 1.807) is 0 Å². The van der Waals surface area contributed by atoms with Crippen molar-refractivity contribution in [1.29, 1.82) is 0 Å². The molecule has 2 fully saturated rings. The highest BCUT2D eigenvalue weighted by molar-refractivity contribution is 14.0. The highest BCUT2D eigenvalue weighted by atomic mass is 127. The van der Waals surface area contributed by atoms with Crippen molar-refractivity contribution < 1.29 is 9.47 Å². The van der Waals surface area contributed by atoms with E-state index in [0.717, 1.165) is 50.7 Å². The lowest BCUT2D eigenvalue weighted by molar-refractivity contribution is 0.0992. The van der Waals surface area contributed by atoms with E-state index in [1.165, 1.54) is 18.4 Å². The first kappa shape index (κ1) is 21.3. The number of halogens is 1. The van der Waals surface area contributed by atoms with E-state index in [9.17, 15) is 0 Å². The number of nitrogens with one attached hydrogen (secondary N) is 2. The second-order valence-electron chi connectivity index (χ2n) is 6.87. The summed E-state index contributed by atoms with van der Waals surface area (Å²) < 4.78 is 11.6. The van der Waals surface area contributed by atoms with Crippen molar-refractivity contribution in [1.82, 2.24) is 10.6 Å². The van der Waals surface area contributed by atoms with Crippen molar-refractivity contribution in [2.45, 2.75) is 64.2 Å². The first-order valence-corrected chi connectivity index (χ1v) is 9.70. The molecule has 1 aromatic carbocycles. The highest BCUT2D eigenvalue weighted by Gasteiger charge is 2.41. The Labute approximate surface area is 174 Å². The van der Waals surface area contributed by atoms with Gasteiger partial charge in [-0.05, 0) is 56.7 Å². The molecule has 2 heterocycles. The van der Waals surface area contributed by atoms with Gasteiger partial charge in [-0.25, -0.2) is 0 Å². The normalized spacial score (nSPS) is 24.2. The Morgan fingerprint density at radius 3 is 2.88 bits per heavy atom. The van der Waals surface area contributed by atoms with Crippen molar-refractivity contribution in [3.8, 4) is 5.75 Å². The number of benzene rings is 1. The Morgan fingerprint density at radius 1 is 1.31 bits per heavy atom. The molecule has 5 nitrogen and oxygen atoms in total. The number of hydrogen-bond donors (Lipinski definition) is 2. The molecule has 0 amide bonds. The van der Waals surface area contributed by atoms with Crippen LogP contribution in [0.1, 0.15) is 45.1 Å². The van der Waals surface area contributed by atoms with E-state index in [2.05, 4.69) is 42.7 Å². The predicted octanol–water partition coefficient (Wildman–Crippen LogP) is 3.51. The zero-order valence-electron chi connectivity index (χ0n) is 15.9. The molecule has 0 saturated carbocycles. The number of aliphatic imine (C=N–C) groups is 1. The Hall–Kier alpha value is -1.02. The molecule has 0 aromatic heterocycles. The Balaban J connectivity index is 0.00000243. The molecule has 0 spiro atoms. The maximum absolute atomic E-state index is 5.92. The number of ether oxygens (including phenoxy) is 2. The van der Waals surface area contributed by atoms with Crippen LogP contribution in [0, 0.1) is 0 Å². The van der Waals surface area contributed by atoms with Crippen molar-refractivity contribution in [2.24, 2.45) is 4.99 Å². The van der Waals surface area contributed by atoms with Gasteiger partial charge in [0.1, 0.15) is 5.75 Å². The van der Waals surface area contributed by atoms with E-state index >= 15 is 0 Å². The second kappa shape index (κ2) is 11.0. The van der Waals surface area contributed by atoms with Gasteiger partial charge in [-0.3, -0.25) is 4.99 Å². The molecule has 0 aliphatic carbocycles. The summed E-state index contributed by atoms with van der Waals surface area (Å²) in [6, 6.07) is 8.74. The molecule has 2 bridgehead atoms. The van der Waals surface area contributed by atoms with E-state index in [4.69, 9.17) is 14.5 Å². The zero-order chi connectivity index (χ0) is 17.5. The molecular weight excluding hydrogens is 441 g/mol. The van der Waals surface area contributed by atoms with E-state index < -0.39 is 0 Å². The maximum Gasteiger partial charge on any atom is 0.191 e. The Morgan fingerprint density at radius 2 is 2.19 bits per heavy atom. The summed E-state index contributed by atoms with van der Waals surface area (Å²) in [4.78, 5) is 4.75. The standard InChI is InChI=1S/C20H31N3O2.HI/c1-3-12-24-16-7-5-6-15(13-16)10-11-22-20(21-4-2)23-18-14-17-8-9-19(18)25-17;/h5-7,13,17-19H,3-4,8-12,14H2,1-2H3,(H2,21,22,23);1H. The van der Waals surface area contributed by atoms with Gasteiger partial charge >= 0.3 is 0 Å².